The third-order valence-corrected chi connectivity index (χ3v) is 0.744. The smallest absolute Gasteiger partial charge is 0.0814 e. The number of hydrogen-bond donors (Lipinski definition) is 0. The normalized spacial score (nSPS) is 20.6. The van der Waals surface area contributed by atoms with Gasteiger partial charge in [-0.05, 0) is 0 Å². The van der Waals surface area contributed by atoms with Crippen LogP contribution >= 0.6 is 0 Å². The minimum absolute atomic E-state index is 0. The summed E-state index contributed by atoms with van der Waals surface area (Å²) in [5.74, 6) is 0. The van der Waals surface area contributed by atoms with Crippen LogP contribution in [0.2, 0.25) is 0 Å². The highest BCUT2D eigenvalue weighted by Gasteiger charge is 1.94. The molecule has 0 radical (unpaired) electrons. The van der Waals surface area contributed by atoms with Gasteiger partial charge in [-0.3, -0.25) is 0 Å². The van der Waals surface area contributed by atoms with Crippen molar-refractivity contribution in [1.82, 2.24) is 0 Å². The van der Waals surface area contributed by atoms with Gasteiger partial charge in [0, 0.05) is 0 Å². The predicted octanol–water partition coefficient (Wildman–Crippen LogP) is -1.15. The Morgan fingerprint density at radius 2 is 1.00 bits per heavy atom. The second kappa shape index (κ2) is 4.15. The van der Waals surface area contributed by atoms with E-state index in [2.05, 4.69) is 0 Å². The van der Waals surface area contributed by atoms with Crippen LogP contribution in [0.15, 0.2) is 0 Å². The third-order valence-electron chi connectivity index (χ3n) is 0.744. The average molecular weight is 102 g/mol. The van der Waals surface area contributed by atoms with Crippen molar-refractivity contribution in [3.8, 4) is 0 Å². The van der Waals surface area contributed by atoms with Crippen molar-refractivity contribution in [3.05, 3.63) is 0 Å². The maximum atomic E-state index is 4.94. The van der Waals surface area contributed by atoms with Gasteiger partial charge < -0.3 is 9.47 Å². The first-order chi connectivity index (χ1) is 3.00. The van der Waals surface area contributed by atoms with Crippen molar-refractivity contribution in [3.63, 3.8) is 0 Å². The molecule has 0 bridgehead atoms. The molecule has 0 aliphatic carbocycles. The summed E-state index contributed by atoms with van der Waals surface area (Å²) in [6.45, 7) is 3.11. The molecule has 0 aromatic heterocycles. The van der Waals surface area contributed by atoms with Crippen molar-refractivity contribution in [2.75, 3.05) is 26.4 Å². The Bertz CT molecular complexity index is 25.2. The minimum Gasteiger partial charge on any atom is -0.377 e. The molecule has 0 aromatic rings. The zero-order valence-corrected chi connectivity index (χ0v) is 3.64. The van der Waals surface area contributed by atoms with Crippen molar-refractivity contribution in [2.24, 2.45) is 0 Å². The average Bonchev–Trinajstić information content (AvgIpc) is 1.72. The van der Waals surface area contributed by atoms with E-state index in [0.717, 1.165) is 26.4 Å². The van der Waals surface area contributed by atoms with Crippen LogP contribution in [0.4, 0.5) is 0 Å². The lowest BCUT2D eigenvalue weighted by molar-refractivity contribution is -0.0334. The Balaban J connectivity index is 0.000000360. The summed E-state index contributed by atoms with van der Waals surface area (Å²) in [6.07, 6.45) is 0. The van der Waals surface area contributed by atoms with Crippen LogP contribution in [0.3, 0.4) is 0 Å². The molecule has 1 aliphatic heterocycles. The second-order valence-electron chi connectivity index (χ2n) is 1.22. The molecule has 0 N–H and O–H groups in total. The third kappa shape index (κ3) is 2.65. The van der Waals surface area contributed by atoms with Gasteiger partial charge in [-0.2, -0.15) is 0 Å². The molecule has 1 saturated heterocycles. The fourth-order valence-electron chi connectivity index (χ4n) is 0.440. The summed E-state index contributed by atoms with van der Waals surface area (Å²) < 4.78 is 9.89. The van der Waals surface area contributed by atoms with Crippen LogP contribution in [0, 0.1) is 0 Å². The first-order valence-corrected chi connectivity index (χ1v) is 2.15. The Kier molecular flexibility index (Phi) is 4.14. The fraction of sp³-hybridized carbons (Fsp3) is 1.00. The first-order valence-electron chi connectivity index (χ1n) is 2.15. The predicted molar refractivity (Wildman–Crippen MR) is 31.6 cm³/mol. The quantitative estimate of drug-likeness (QED) is 0.359. The van der Waals surface area contributed by atoms with Gasteiger partial charge in [0.05, 0.1) is 34.8 Å². The largest absolute Gasteiger partial charge is 0.377 e. The molecule has 2 nitrogen and oxygen atoms in total. The molecule has 0 unspecified atom stereocenters. The van der Waals surface area contributed by atoms with Crippen molar-refractivity contribution in [1.29, 1.82) is 0 Å². The molecule has 0 aromatic carbocycles. The molecule has 1 aliphatic rings. The van der Waals surface area contributed by atoms with Gasteiger partial charge in [-0.1, -0.05) is 0 Å². The van der Waals surface area contributed by atoms with Gasteiger partial charge in [0.25, 0.3) is 0 Å². The van der Waals surface area contributed by atoms with Gasteiger partial charge in [0.1, 0.15) is 0 Å². The summed E-state index contributed by atoms with van der Waals surface area (Å²) in [7, 11) is 0. The Morgan fingerprint density at radius 3 is 1.14 bits per heavy atom. The van der Waals surface area contributed by atoms with E-state index in [1.54, 1.807) is 0 Å². The van der Waals surface area contributed by atoms with Crippen LogP contribution in [0.5, 0.6) is 0 Å². The second-order valence-corrected chi connectivity index (χ2v) is 1.22. The minimum atomic E-state index is 0. The van der Waals surface area contributed by atoms with Gasteiger partial charge >= 0.3 is 0 Å². The molecule has 3 heteroatoms. The van der Waals surface area contributed by atoms with E-state index in [-0.39, 0.29) is 8.41 Å². The van der Waals surface area contributed by atoms with E-state index in [1.165, 1.54) is 0 Å². The Labute approximate surface area is 45.4 Å². The standard InChI is InChI=1S/C4H8O2.BH3/c1-2-6-4-3-5-1;/h1-4H2;1H3. The van der Waals surface area contributed by atoms with Crippen LogP contribution in [-0.4, -0.2) is 34.8 Å². The summed E-state index contributed by atoms with van der Waals surface area (Å²) >= 11 is 0. The summed E-state index contributed by atoms with van der Waals surface area (Å²) in [6, 6.07) is 0. The highest BCUT2D eigenvalue weighted by Crippen LogP contribution is 1.85. The summed E-state index contributed by atoms with van der Waals surface area (Å²) in [4.78, 5) is 0. The molecular weight excluding hydrogens is 90.9 g/mol. The van der Waals surface area contributed by atoms with E-state index in [4.69, 9.17) is 9.47 Å². The lowest BCUT2D eigenvalue weighted by atomic mass is 10.6. The van der Waals surface area contributed by atoms with Crippen molar-refractivity contribution < 1.29 is 9.47 Å². The van der Waals surface area contributed by atoms with Gasteiger partial charge in [0.15, 0.2) is 0 Å². The lowest BCUT2D eigenvalue weighted by Gasteiger charge is -2.09. The van der Waals surface area contributed by atoms with E-state index < -0.39 is 0 Å². The molecular formula is C4H11BO2. The fourth-order valence-corrected chi connectivity index (χ4v) is 0.440. The van der Waals surface area contributed by atoms with Crippen molar-refractivity contribution in [2.45, 2.75) is 0 Å². The molecule has 0 spiro atoms. The first kappa shape index (κ1) is 6.98. The van der Waals surface area contributed by atoms with E-state index in [0.29, 0.717) is 0 Å². The maximum Gasteiger partial charge on any atom is 0.0814 e. The Morgan fingerprint density at radius 1 is 0.714 bits per heavy atom. The van der Waals surface area contributed by atoms with Crippen LogP contribution < -0.4 is 0 Å². The summed E-state index contributed by atoms with van der Waals surface area (Å²) in [5.41, 5.74) is 0. The molecule has 42 valence electrons. The maximum absolute atomic E-state index is 4.94. The van der Waals surface area contributed by atoms with E-state index in [9.17, 15) is 0 Å². The highest BCUT2D eigenvalue weighted by atomic mass is 16.6. The topological polar surface area (TPSA) is 18.5 Å². The SMILES string of the molecule is B.C1COCCO1. The zero-order valence-electron chi connectivity index (χ0n) is 3.64. The van der Waals surface area contributed by atoms with E-state index >= 15 is 0 Å². The van der Waals surface area contributed by atoms with Crippen LogP contribution in [0.25, 0.3) is 0 Å². The van der Waals surface area contributed by atoms with E-state index in [1.807, 2.05) is 0 Å². The molecule has 0 amide bonds. The number of ether oxygens (including phenoxy) is 2. The van der Waals surface area contributed by atoms with Crippen molar-refractivity contribution >= 4 is 8.41 Å². The van der Waals surface area contributed by atoms with Gasteiger partial charge in [0.2, 0.25) is 0 Å². The number of hydrogen-bond acceptors (Lipinski definition) is 2. The Hall–Kier alpha value is -0.0151. The van der Waals surface area contributed by atoms with Crippen LogP contribution in [0.1, 0.15) is 0 Å². The van der Waals surface area contributed by atoms with Gasteiger partial charge in [-0.15, -0.1) is 0 Å². The molecule has 1 fully saturated rings. The lowest BCUT2D eigenvalue weighted by Crippen LogP contribution is -2.16. The number of rotatable bonds is 0. The molecule has 1 heterocycles. The zero-order chi connectivity index (χ0) is 4.24. The molecule has 7 heavy (non-hydrogen) atoms. The summed E-state index contributed by atoms with van der Waals surface area (Å²) in [5, 5.41) is 0. The molecule has 0 saturated carbocycles. The monoisotopic (exact) mass is 102 g/mol. The van der Waals surface area contributed by atoms with Crippen LogP contribution in [-0.2, 0) is 9.47 Å². The highest BCUT2D eigenvalue weighted by molar-refractivity contribution is 5.75. The molecule has 0 atom stereocenters. The van der Waals surface area contributed by atoms with Gasteiger partial charge in [-0.25, -0.2) is 0 Å². The molecule has 1 rings (SSSR count).